The Morgan fingerprint density at radius 3 is 1.61 bits per heavy atom. The highest BCUT2D eigenvalue weighted by atomic mass is 79.9. The molecule has 13 rings (SSSR count). The quantitative estimate of drug-likeness (QED) is 0.0286. The zero-order chi connectivity index (χ0) is 68.0. The Balaban J connectivity index is 0.000000207. The van der Waals surface area contributed by atoms with Gasteiger partial charge in [0.15, 0.2) is 0 Å². The van der Waals surface area contributed by atoms with Crippen LogP contribution in [0.25, 0.3) is 38.4 Å². The number of carbonyl (C=O) groups is 8. The van der Waals surface area contributed by atoms with E-state index in [9.17, 15) is 61.7 Å². The van der Waals surface area contributed by atoms with E-state index in [1.165, 1.54) is 44.2 Å². The third-order valence-electron chi connectivity index (χ3n) is 16.0. The molecule has 0 aliphatic heterocycles. The third-order valence-corrected chi connectivity index (χ3v) is 16.4. The summed E-state index contributed by atoms with van der Waals surface area (Å²) in [6.07, 6.45) is 22.3. The van der Waals surface area contributed by atoms with Crippen molar-refractivity contribution in [1.29, 1.82) is 0 Å². The van der Waals surface area contributed by atoms with Gasteiger partial charge in [0.1, 0.15) is 21.8 Å². The summed E-state index contributed by atoms with van der Waals surface area (Å²) in [6, 6.07) is 29.2. The number of carboxylic acids is 8. The van der Waals surface area contributed by atoms with Crippen LogP contribution < -0.4 is 0 Å². The fourth-order valence-electron chi connectivity index (χ4n) is 10.7. The van der Waals surface area contributed by atoms with Crippen LogP contribution in [-0.2, 0) is 44.8 Å². The molecule has 0 radical (unpaired) electrons. The SMILES string of the molecule is CC(C(=O)O)C(C)c1ccccc1.CC(C)(Br)C(=O)O.O=C(O)C1=C(C(=O)O)C=C2CCC(=CC=C3C=CC(=C1)CC3)CC2.O=C(O)C=Cc1c(F)cc(F)cc1F.O=C(O)CC(C(=O)O)C1CCCCC1.O=C(O)Cc1ccc2ccc3cccc4ccc1c2c34. The first kappa shape index (κ1) is 73.3. The maximum absolute atomic E-state index is 12.8. The number of allylic oxidation sites excluding steroid dienone is 8. The van der Waals surface area contributed by atoms with Crippen molar-refractivity contribution in [3.63, 3.8) is 0 Å². The van der Waals surface area contributed by atoms with Gasteiger partial charge >= 0.3 is 47.8 Å². The summed E-state index contributed by atoms with van der Waals surface area (Å²) in [5.41, 5.74) is 5.56. The van der Waals surface area contributed by atoms with Crippen molar-refractivity contribution in [2.24, 2.45) is 17.8 Å². The van der Waals surface area contributed by atoms with E-state index >= 15 is 0 Å². The number of alkyl halides is 1. The molecule has 0 amide bonds. The van der Waals surface area contributed by atoms with E-state index in [2.05, 4.69) is 64.5 Å². The van der Waals surface area contributed by atoms with Crippen molar-refractivity contribution in [2.75, 3.05) is 0 Å². The minimum absolute atomic E-state index is 0.0637. The first-order chi connectivity index (χ1) is 43.4. The molecule has 6 aromatic rings. The monoisotopic (exact) mass is 1330 g/mol. The smallest absolute Gasteiger partial charge is 0.336 e. The zero-order valence-electron chi connectivity index (χ0n) is 51.2. The van der Waals surface area contributed by atoms with Gasteiger partial charge in [-0.1, -0.05) is 169 Å². The fourth-order valence-corrected chi connectivity index (χ4v) is 10.7. The molecule has 3 atom stereocenters. The Labute approximate surface area is 538 Å². The summed E-state index contributed by atoms with van der Waals surface area (Å²) in [7, 11) is 0. The van der Waals surface area contributed by atoms with Crippen LogP contribution in [0.2, 0.25) is 0 Å². The largest absolute Gasteiger partial charge is 0.481 e. The van der Waals surface area contributed by atoms with Gasteiger partial charge in [-0.05, 0) is 150 Å². The van der Waals surface area contributed by atoms with E-state index in [0.717, 1.165) is 97.9 Å². The van der Waals surface area contributed by atoms with Gasteiger partial charge in [-0.15, -0.1) is 0 Å². The Bertz CT molecular complexity index is 3850. The van der Waals surface area contributed by atoms with Crippen LogP contribution in [0.15, 0.2) is 173 Å². The van der Waals surface area contributed by atoms with Crippen LogP contribution in [0.1, 0.15) is 127 Å². The third kappa shape index (κ3) is 22.2. The summed E-state index contributed by atoms with van der Waals surface area (Å²) in [5, 5.41) is 77.9. The minimum Gasteiger partial charge on any atom is -0.481 e. The molecule has 92 heavy (non-hydrogen) atoms. The van der Waals surface area contributed by atoms with E-state index in [0.29, 0.717) is 24.6 Å². The van der Waals surface area contributed by atoms with Gasteiger partial charge in [-0.25, -0.2) is 27.6 Å². The van der Waals surface area contributed by atoms with Crippen LogP contribution in [0.4, 0.5) is 13.2 Å². The highest BCUT2D eigenvalue weighted by Crippen LogP contribution is 2.37. The highest BCUT2D eigenvalue weighted by Gasteiger charge is 2.31. The van der Waals surface area contributed by atoms with E-state index in [1.807, 2.05) is 67.6 Å². The van der Waals surface area contributed by atoms with E-state index in [4.69, 9.17) is 30.6 Å². The maximum atomic E-state index is 12.8. The second kappa shape index (κ2) is 34.7. The number of rotatable bonds is 14. The molecule has 0 spiro atoms. The number of benzene rings is 6. The number of hydrogen-bond donors (Lipinski definition) is 8. The van der Waals surface area contributed by atoms with Gasteiger partial charge in [0.25, 0.3) is 0 Å². The summed E-state index contributed by atoms with van der Waals surface area (Å²) in [6.45, 7) is 6.83. The average Bonchev–Trinajstić information content (AvgIpc) is 0.753. The minimum atomic E-state index is -1.34. The highest BCUT2D eigenvalue weighted by molar-refractivity contribution is 9.10. The van der Waals surface area contributed by atoms with Gasteiger partial charge < -0.3 is 40.9 Å². The second-order valence-corrected chi connectivity index (χ2v) is 25.0. The molecule has 4 bridgehead atoms. The Morgan fingerprint density at radius 2 is 1.11 bits per heavy atom. The molecular formula is C72H74BrF3O16. The predicted molar refractivity (Wildman–Crippen MR) is 348 cm³/mol. The Kier molecular flexibility index (Phi) is 27.6. The molecule has 6 aromatic carbocycles. The Morgan fingerprint density at radius 1 is 0.587 bits per heavy atom. The molecule has 2 saturated carbocycles. The lowest BCUT2D eigenvalue weighted by molar-refractivity contribution is -0.150. The summed E-state index contributed by atoms with van der Waals surface area (Å²) >= 11 is 2.94. The lowest BCUT2D eigenvalue weighted by Crippen LogP contribution is -2.27. The molecule has 7 aliphatic carbocycles. The zero-order valence-corrected chi connectivity index (χ0v) is 52.8. The molecule has 486 valence electrons. The van der Waals surface area contributed by atoms with Gasteiger partial charge in [-0.2, -0.15) is 0 Å². The average molecular weight is 1330 g/mol. The number of aliphatic carboxylic acids is 8. The van der Waals surface area contributed by atoms with Crippen molar-refractivity contribution >= 4 is 102 Å². The predicted octanol–water partition coefficient (Wildman–Crippen LogP) is 16.0. The van der Waals surface area contributed by atoms with Crippen LogP contribution in [0, 0.1) is 35.2 Å². The number of halogens is 4. The molecular weight excluding hydrogens is 1260 g/mol. The van der Waals surface area contributed by atoms with Crippen molar-refractivity contribution in [3.8, 4) is 0 Å². The fraction of sp³-hybridized carbons (Fsp3) is 0.306. The molecule has 3 unspecified atom stereocenters. The molecule has 0 saturated heterocycles. The van der Waals surface area contributed by atoms with Crippen LogP contribution in [0.5, 0.6) is 0 Å². The van der Waals surface area contributed by atoms with E-state index < -0.39 is 81.0 Å². The second-order valence-electron chi connectivity index (χ2n) is 23.0. The topological polar surface area (TPSA) is 298 Å². The Hall–Kier alpha value is -9.43. The molecule has 20 heteroatoms. The van der Waals surface area contributed by atoms with Gasteiger partial charge in [-0.3, -0.25) is 24.0 Å². The number of carboxylic acid groups (broad SMARTS) is 8. The van der Waals surface area contributed by atoms with Crippen molar-refractivity contribution in [1.82, 2.24) is 0 Å². The van der Waals surface area contributed by atoms with E-state index in [-0.39, 0.29) is 41.7 Å². The lowest BCUT2D eigenvalue weighted by atomic mass is 9.78. The first-order valence-electron chi connectivity index (χ1n) is 29.7. The van der Waals surface area contributed by atoms with Crippen molar-refractivity contribution in [2.45, 2.75) is 121 Å². The summed E-state index contributed by atoms with van der Waals surface area (Å²) in [4.78, 5) is 86.4. The maximum Gasteiger partial charge on any atom is 0.336 e. The number of hydrogen-bond acceptors (Lipinski definition) is 8. The summed E-state index contributed by atoms with van der Waals surface area (Å²) in [5.74, 6) is -12.3. The standard InChI is InChI=1S/C20H20O4.C18H12O2.C11H14O2.C10H16O4.C9H5F3O2.C4H7BrO2/c21-19(22)17-11-15-7-3-13(4-8-15)1-2-14-5-9-16(10-6-14)12-18(17)20(23)24;19-16(20)10-14-7-6-13-5-4-11-2-1-3-12-8-9-15(14)18(13)17(11)12;1-8(9(2)11(12)13)10-6-4-3-5-7-10;11-9(12)6-8(10(13)14)7-4-2-1-3-5-7;10-5-3-7(11)6(8(12)4-5)1-2-9(13)14;1-4(2,5)3(6)7/h1-3,7,11-12H,4-6,8-10H2,(H,21,22)(H,23,24);1-9H,10H2,(H,19,20);3-9H,1-2H3,(H,12,13);7-8H,1-6H2,(H,11,12)(H,13,14);1-4H,(H,13,14);1-2H3,(H,6,7). The van der Waals surface area contributed by atoms with Crippen molar-refractivity contribution < 1.29 is 92.4 Å². The van der Waals surface area contributed by atoms with Gasteiger partial charge in [0.05, 0.1) is 35.8 Å². The van der Waals surface area contributed by atoms with Crippen LogP contribution >= 0.6 is 15.9 Å². The molecule has 16 nitrogen and oxygen atoms in total. The first-order valence-corrected chi connectivity index (χ1v) is 30.5. The molecule has 8 N–H and O–H groups in total. The van der Waals surface area contributed by atoms with Crippen LogP contribution in [-0.4, -0.2) is 92.9 Å². The van der Waals surface area contributed by atoms with E-state index in [1.54, 1.807) is 26.8 Å². The molecule has 0 aromatic heterocycles. The van der Waals surface area contributed by atoms with Crippen LogP contribution in [0.3, 0.4) is 0 Å². The normalized spacial score (nSPS) is 15.7. The molecule has 2 fully saturated rings. The van der Waals surface area contributed by atoms with Gasteiger partial charge in [0.2, 0.25) is 0 Å². The molecule has 0 heterocycles. The lowest BCUT2D eigenvalue weighted by Gasteiger charge is -2.26. The van der Waals surface area contributed by atoms with Crippen molar-refractivity contribution in [3.05, 3.63) is 207 Å². The van der Waals surface area contributed by atoms with Gasteiger partial charge in [0, 0.05) is 23.8 Å². The summed E-state index contributed by atoms with van der Waals surface area (Å²) < 4.78 is 37.3. The molecule has 7 aliphatic rings.